The van der Waals surface area contributed by atoms with Crippen LogP contribution in [0, 0.1) is 0 Å². The van der Waals surface area contributed by atoms with Gasteiger partial charge in [0.05, 0.1) is 0 Å². The van der Waals surface area contributed by atoms with E-state index in [0.717, 1.165) is 62.8 Å². The van der Waals surface area contributed by atoms with Crippen LogP contribution in [0.2, 0.25) is 0 Å². The smallest absolute Gasteiger partial charge is 0.240 e. The molecule has 2 amide bonds. The van der Waals surface area contributed by atoms with Crippen molar-refractivity contribution in [3.8, 4) is 0 Å². The molecule has 2 fully saturated rings. The summed E-state index contributed by atoms with van der Waals surface area (Å²) in [5.74, 6) is 0.0161. The van der Waals surface area contributed by atoms with Crippen LogP contribution in [-0.2, 0) is 9.59 Å². The minimum absolute atomic E-state index is 0.00807. The Morgan fingerprint density at radius 2 is 0.929 bits per heavy atom. The van der Waals surface area contributed by atoms with Crippen molar-refractivity contribution in [3.63, 3.8) is 0 Å². The molecule has 0 radical (unpaired) electrons. The maximum atomic E-state index is 11.9. The second-order valence-corrected chi connectivity index (χ2v) is 8.17. The summed E-state index contributed by atoms with van der Waals surface area (Å²) in [6, 6.07) is 0. The predicted octanol–water partition coefficient (Wildman–Crippen LogP) is 4.98. The van der Waals surface area contributed by atoms with E-state index >= 15 is 0 Å². The van der Waals surface area contributed by atoms with Crippen LogP contribution in [0.1, 0.15) is 116 Å². The first kappa shape index (κ1) is 22.6. The number of hydrogen-bond donors (Lipinski definition) is 2. The van der Waals surface area contributed by atoms with Crippen LogP contribution in [0.15, 0.2) is 10.2 Å². The molecule has 0 saturated heterocycles. The van der Waals surface area contributed by atoms with Gasteiger partial charge < -0.3 is 0 Å². The number of hydrogen-bond acceptors (Lipinski definition) is 4. The summed E-state index contributed by atoms with van der Waals surface area (Å²) in [6.45, 7) is 0. The van der Waals surface area contributed by atoms with Gasteiger partial charge in [-0.2, -0.15) is 10.2 Å². The lowest BCUT2D eigenvalue weighted by Gasteiger charge is -2.05. The molecule has 28 heavy (non-hydrogen) atoms. The Morgan fingerprint density at radius 3 is 1.29 bits per heavy atom. The maximum Gasteiger partial charge on any atom is 0.240 e. The SMILES string of the molecule is O=C(CCCCCCC(=O)NN=C1CCCCCC1)NN=C1CCCCCC1. The number of nitrogens with one attached hydrogen (secondary N) is 2. The van der Waals surface area contributed by atoms with Crippen molar-refractivity contribution in [1.29, 1.82) is 0 Å². The molecule has 6 heteroatoms. The monoisotopic (exact) mass is 390 g/mol. The number of amides is 2. The van der Waals surface area contributed by atoms with E-state index in [4.69, 9.17) is 0 Å². The number of carbonyl (C=O) groups is 2. The lowest BCUT2D eigenvalue weighted by atomic mass is 10.1. The summed E-state index contributed by atoms with van der Waals surface area (Å²) in [5, 5.41) is 8.60. The van der Waals surface area contributed by atoms with Crippen LogP contribution in [0.4, 0.5) is 0 Å². The standard InChI is InChI=1S/C22H38N4O2/c27-21(25-23-19-13-7-1-2-8-14-19)17-11-5-6-12-18-22(28)26-24-20-15-9-3-4-10-16-20/h1-18H2,(H,25,27)(H,26,28). The summed E-state index contributed by atoms with van der Waals surface area (Å²) < 4.78 is 0. The largest absolute Gasteiger partial charge is 0.273 e. The number of nitrogens with zero attached hydrogens (tertiary/aromatic N) is 2. The Balaban J connectivity index is 1.47. The van der Waals surface area contributed by atoms with Gasteiger partial charge >= 0.3 is 0 Å². The van der Waals surface area contributed by atoms with Crippen molar-refractivity contribution in [1.82, 2.24) is 10.9 Å². The van der Waals surface area contributed by atoms with Gasteiger partial charge in [0.15, 0.2) is 0 Å². The van der Waals surface area contributed by atoms with Crippen molar-refractivity contribution in [2.75, 3.05) is 0 Å². The molecule has 0 unspecified atom stereocenters. The number of unbranched alkanes of at least 4 members (excludes halogenated alkanes) is 3. The van der Waals surface area contributed by atoms with Crippen LogP contribution in [0.25, 0.3) is 0 Å². The van der Waals surface area contributed by atoms with E-state index in [9.17, 15) is 9.59 Å². The summed E-state index contributed by atoms with van der Waals surface area (Å²) >= 11 is 0. The highest BCUT2D eigenvalue weighted by molar-refractivity contribution is 5.87. The van der Waals surface area contributed by atoms with E-state index in [1.54, 1.807) is 0 Å². The first-order valence-corrected chi connectivity index (χ1v) is 11.4. The van der Waals surface area contributed by atoms with Crippen molar-refractivity contribution in [2.24, 2.45) is 10.2 Å². The molecule has 2 rings (SSSR count). The predicted molar refractivity (Wildman–Crippen MR) is 114 cm³/mol. The Bertz CT molecular complexity index is 475. The quantitative estimate of drug-likeness (QED) is 0.331. The minimum atomic E-state index is 0.00807. The number of hydrazone groups is 2. The first-order chi connectivity index (χ1) is 13.7. The molecule has 0 heterocycles. The van der Waals surface area contributed by atoms with Gasteiger partial charge in [0.2, 0.25) is 11.8 Å². The van der Waals surface area contributed by atoms with Gasteiger partial charge in [-0.25, -0.2) is 10.9 Å². The average molecular weight is 391 g/mol. The van der Waals surface area contributed by atoms with Crippen LogP contribution in [-0.4, -0.2) is 23.2 Å². The number of carbonyl (C=O) groups excluding carboxylic acids is 2. The third kappa shape index (κ3) is 10.6. The fourth-order valence-electron chi connectivity index (χ4n) is 3.82. The van der Waals surface area contributed by atoms with E-state index in [2.05, 4.69) is 21.1 Å². The molecule has 2 aliphatic carbocycles. The summed E-state index contributed by atoms with van der Waals surface area (Å²) in [6.07, 6.45) is 18.6. The highest BCUT2D eigenvalue weighted by Gasteiger charge is 2.08. The van der Waals surface area contributed by atoms with Gasteiger partial charge in [-0.05, 0) is 64.2 Å². The lowest BCUT2D eigenvalue weighted by molar-refractivity contribution is -0.122. The molecule has 2 aliphatic rings. The van der Waals surface area contributed by atoms with Crippen LogP contribution >= 0.6 is 0 Å². The van der Waals surface area contributed by atoms with Crippen LogP contribution < -0.4 is 10.9 Å². The zero-order chi connectivity index (χ0) is 19.9. The van der Waals surface area contributed by atoms with Crippen LogP contribution in [0.3, 0.4) is 0 Å². The number of rotatable bonds is 9. The van der Waals surface area contributed by atoms with Gasteiger partial charge in [0, 0.05) is 24.3 Å². The van der Waals surface area contributed by atoms with Crippen LogP contribution in [0.5, 0.6) is 0 Å². The fourth-order valence-corrected chi connectivity index (χ4v) is 3.82. The molecule has 0 bridgehead atoms. The zero-order valence-corrected chi connectivity index (χ0v) is 17.4. The molecule has 0 aromatic carbocycles. The van der Waals surface area contributed by atoms with Crippen molar-refractivity contribution in [2.45, 2.75) is 116 Å². The minimum Gasteiger partial charge on any atom is -0.273 e. The average Bonchev–Trinajstić information content (AvgIpc) is 3.12. The summed E-state index contributed by atoms with van der Waals surface area (Å²) in [4.78, 5) is 23.8. The highest BCUT2D eigenvalue weighted by atomic mass is 16.2. The molecule has 2 saturated carbocycles. The highest BCUT2D eigenvalue weighted by Crippen LogP contribution is 2.15. The second kappa shape index (κ2) is 14.3. The van der Waals surface area contributed by atoms with E-state index in [1.165, 1.54) is 51.4 Å². The Morgan fingerprint density at radius 1 is 0.571 bits per heavy atom. The normalized spacial score (nSPS) is 18.0. The van der Waals surface area contributed by atoms with Gasteiger partial charge in [-0.3, -0.25) is 9.59 Å². The lowest BCUT2D eigenvalue weighted by Crippen LogP contribution is -2.19. The van der Waals surface area contributed by atoms with Gasteiger partial charge in [0.1, 0.15) is 0 Å². The topological polar surface area (TPSA) is 82.9 Å². The molecular weight excluding hydrogens is 352 g/mol. The Labute approximate surface area is 170 Å². The first-order valence-electron chi connectivity index (χ1n) is 11.4. The van der Waals surface area contributed by atoms with E-state index in [-0.39, 0.29) is 11.8 Å². The van der Waals surface area contributed by atoms with Gasteiger partial charge in [-0.1, -0.05) is 38.5 Å². The third-order valence-corrected chi connectivity index (χ3v) is 5.60. The zero-order valence-electron chi connectivity index (χ0n) is 17.4. The molecular formula is C22H38N4O2. The Hall–Kier alpha value is -1.72. The second-order valence-electron chi connectivity index (χ2n) is 8.17. The van der Waals surface area contributed by atoms with Crippen molar-refractivity contribution < 1.29 is 9.59 Å². The van der Waals surface area contributed by atoms with Crippen molar-refractivity contribution >= 4 is 23.2 Å². The van der Waals surface area contributed by atoms with Gasteiger partial charge in [0.25, 0.3) is 0 Å². The van der Waals surface area contributed by atoms with E-state index in [1.807, 2.05) is 0 Å². The fraction of sp³-hybridized carbons (Fsp3) is 0.818. The van der Waals surface area contributed by atoms with E-state index in [0.29, 0.717) is 12.8 Å². The molecule has 2 N–H and O–H groups in total. The summed E-state index contributed by atoms with van der Waals surface area (Å²) in [5.41, 5.74) is 7.71. The molecule has 0 atom stereocenters. The molecule has 0 spiro atoms. The molecule has 158 valence electrons. The molecule has 6 nitrogen and oxygen atoms in total. The van der Waals surface area contributed by atoms with E-state index < -0.39 is 0 Å². The molecule has 0 aromatic rings. The maximum absolute atomic E-state index is 11.9. The Kier molecular flexibility index (Phi) is 11.5. The third-order valence-electron chi connectivity index (χ3n) is 5.60. The van der Waals surface area contributed by atoms with Crippen molar-refractivity contribution in [3.05, 3.63) is 0 Å². The molecule has 0 aromatic heterocycles. The van der Waals surface area contributed by atoms with Gasteiger partial charge in [-0.15, -0.1) is 0 Å². The summed E-state index contributed by atoms with van der Waals surface area (Å²) in [7, 11) is 0. The molecule has 0 aliphatic heterocycles.